The lowest BCUT2D eigenvalue weighted by Gasteiger charge is -2.59. The summed E-state index contributed by atoms with van der Waals surface area (Å²) in [5.74, 6) is 2.02. The molecule has 1 spiro atoms. The summed E-state index contributed by atoms with van der Waals surface area (Å²) in [7, 11) is 0. The molecule has 2 amide bonds. The number of ether oxygens (including phenoxy) is 1. The van der Waals surface area contributed by atoms with E-state index in [0.717, 1.165) is 50.7 Å². The Balaban J connectivity index is 0.885. The van der Waals surface area contributed by atoms with Crippen LogP contribution in [0.4, 0.5) is 18.0 Å². The van der Waals surface area contributed by atoms with Crippen LogP contribution in [0.25, 0.3) is 0 Å². The summed E-state index contributed by atoms with van der Waals surface area (Å²) < 4.78 is 45.8. The summed E-state index contributed by atoms with van der Waals surface area (Å²) in [5, 5.41) is 17.3. The van der Waals surface area contributed by atoms with E-state index in [9.17, 15) is 23.1 Å². The number of halogens is 3. The zero-order valence-electron chi connectivity index (χ0n) is 19.7. The van der Waals surface area contributed by atoms with Crippen molar-refractivity contribution in [3.63, 3.8) is 0 Å². The number of urea groups is 1. The van der Waals surface area contributed by atoms with E-state index in [1.807, 2.05) is 4.90 Å². The van der Waals surface area contributed by atoms with Crippen LogP contribution < -0.4 is 4.74 Å². The summed E-state index contributed by atoms with van der Waals surface area (Å²) >= 11 is 0. The number of aliphatic hydroxyl groups is 1. The highest BCUT2D eigenvalue weighted by molar-refractivity contribution is 5.76. The van der Waals surface area contributed by atoms with E-state index in [2.05, 4.69) is 15.2 Å². The van der Waals surface area contributed by atoms with Crippen LogP contribution in [0.1, 0.15) is 73.1 Å². The largest absolute Gasteiger partial charge is 0.487 e. The van der Waals surface area contributed by atoms with Crippen molar-refractivity contribution in [2.75, 3.05) is 26.2 Å². The third-order valence-corrected chi connectivity index (χ3v) is 8.48. The monoisotopic (exact) mass is 503 g/mol. The van der Waals surface area contributed by atoms with Gasteiger partial charge in [0.1, 0.15) is 23.3 Å². The second kappa shape index (κ2) is 7.36. The molecule has 3 aliphatic carbocycles. The minimum atomic E-state index is -4.36. The van der Waals surface area contributed by atoms with Gasteiger partial charge in [-0.1, -0.05) is 0 Å². The molecular weight excluding hydrogens is 475 g/mol. The molecule has 0 bridgehead atoms. The molecule has 3 heterocycles. The Labute approximate surface area is 205 Å². The highest BCUT2D eigenvalue weighted by Crippen LogP contribution is 2.56. The Morgan fingerprint density at radius 3 is 2.47 bits per heavy atom. The van der Waals surface area contributed by atoms with Crippen molar-refractivity contribution in [3.05, 3.63) is 41.0 Å². The quantitative estimate of drug-likeness (QED) is 0.648. The SMILES string of the molecule is O=C(N1CC(Oc2ccc(C(F)(F)F)c(C3CC3)c2)C1)N1CC2(CC(c3nc(C4(O)CC4)n[nH]3)C2)C1. The van der Waals surface area contributed by atoms with Gasteiger partial charge >= 0.3 is 12.2 Å². The van der Waals surface area contributed by atoms with Crippen LogP contribution >= 0.6 is 0 Å². The Morgan fingerprint density at radius 2 is 1.83 bits per heavy atom. The third-order valence-electron chi connectivity index (χ3n) is 8.48. The average molecular weight is 504 g/mol. The van der Waals surface area contributed by atoms with Crippen molar-refractivity contribution >= 4 is 6.03 Å². The fourth-order valence-corrected chi connectivity index (χ4v) is 6.01. The highest BCUT2D eigenvalue weighted by atomic mass is 19.4. The molecule has 11 heteroatoms. The number of amides is 2. The van der Waals surface area contributed by atoms with Gasteiger partial charge < -0.3 is 19.6 Å². The maximum atomic E-state index is 13.3. The van der Waals surface area contributed by atoms with Gasteiger partial charge in [0.2, 0.25) is 0 Å². The molecule has 5 fully saturated rings. The first kappa shape index (κ1) is 22.4. The van der Waals surface area contributed by atoms with Crippen LogP contribution in [-0.2, 0) is 11.8 Å². The van der Waals surface area contributed by atoms with Gasteiger partial charge in [0, 0.05) is 24.4 Å². The molecule has 2 aliphatic heterocycles. The van der Waals surface area contributed by atoms with Gasteiger partial charge in [-0.15, -0.1) is 0 Å². The highest BCUT2D eigenvalue weighted by Gasteiger charge is 2.56. The summed E-state index contributed by atoms with van der Waals surface area (Å²) in [5.41, 5.74) is -0.941. The fourth-order valence-electron chi connectivity index (χ4n) is 6.01. The summed E-state index contributed by atoms with van der Waals surface area (Å²) in [4.78, 5) is 20.9. The molecule has 5 aliphatic rings. The molecule has 0 atom stereocenters. The predicted octanol–water partition coefficient (Wildman–Crippen LogP) is 3.74. The first-order chi connectivity index (χ1) is 17.1. The summed E-state index contributed by atoms with van der Waals surface area (Å²) in [6.45, 7) is 2.32. The smallest absolute Gasteiger partial charge is 0.416 e. The van der Waals surface area contributed by atoms with Crippen LogP contribution in [0.3, 0.4) is 0 Å². The van der Waals surface area contributed by atoms with Crippen LogP contribution in [0.15, 0.2) is 18.2 Å². The van der Waals surface area contributed by atoms with Gasteiger partial charge in [0.05, 0.1) is 18.7 Å². The number of nitrogens with one attached hydrogen (secondary N) is 1. The minimum Gasteiger partial charge on any atom is -0.487 e. The van der Waals surface area contributed by atoms with E-state index in [-0.39, 0.29) is 29.4 Å². The molecule has 0 radical (unpaired) electrons. The van der Waals surface area contributed by atoms with E-state index in [0.29, 0.717) is 43.1 Å². The van der Waals surface area contributed by atoms with Gasteiger partial charge in [-0.2, -0.15) is 18.3 Å². The molecule has 8 nitrogen and oxygen atoms in total. The standard InChI is InChI=1S/C25H28F3N5O3/c26-25(27,28)19-4-3-16(7-18(19)14-1-2-14)36-17-10-32(11-17)22(34)33-12-23(13-33)8-15(9-23)20-29-21(31-30-20)24(35)5-6-24/h3-4,7,14-15,17,35H,1-2,5-6,8-13H2,(H,29,30,31). The van der Waals surface area contributed by atoms with E-state index >= 15 is 0 Å². The van der Waals surface area contributed by atoms with Gasteiger partial charge in [-0.25, -0.2) is 9.78 Å². The molecule has 2 saturated heterocycles. The maximum Gasteiger partial charge on any atom is 0.416 e. The molecule has 36 heavy (non-hydrogen) atoms. The van der Waals surface area contributed by atoms with Crippen LogP contribution in [0, 0.1) is 5.41 Å². The third kappa shape index (κ3) is 3.74. The van der Waals surface area contributed by atoms with Crippen LogP contribution in [-0.4, -0.2) is 68.4 Å². The summed E-state index contributed by atoms with van der Waals surface area (Å²) in [6.07, 6.45) is 0.316. The number of likely N-dealkylation sites (tertiary alicyclic amines) is 2. The normalized spacial score (nSPS) is 24.8. The molecule has 192 valence electrons. The second-order valence-corrected chi connectivity index (χ2v) is 11.5. The number of hydrogen-bond donors (Lipinski definition) is 2. The lowest BCUT2D eigenvalue weighted by atomic mass is 9.57. The number of hydrogen-bond acceptors (Lipinski definition) is 5. The summed E-state index contributed by atoms with van der Waals surface area (Å²) in [6, 6.07) is 4.02. The number of nitrogens with zero attached hydrogens (tertiary/aromatic N) is 4. The Morgan fingerprint density at radius 1 is 1.11 bits per heavy atom. The van der Waals surface area contributed by atoms with Crippen molar-refractivity contribution in [3.8, 4) is 5.75 Å². The lowest BCUT2D eigenvalue weighted by Crippen LogP contribution is -2.68. The molecule has 3 saturated carbocycles. The first-order valence-electron chi connectivity index (χ1n) is 12.7. The Kier molecular flexibility index (Phi) is 4.58. The number of aromatic amines is 1. The predicted molar refractivity (Wildman–Crippen MR) is 120 cm³/mol. The molecule has 1 aromatic heterocycles. The number of rotatable bonds is 5. The molecule has 2 aromatic rings. The molecule has 0 unspecified atom stereocenters. The number of benzene rings is 1. The molecular formula is C25H28F3N5O3. The zero-order chi connectivity index (χ0) is 24.9. The number of carbonyl (C=O) groups is 1. The zero-order valence-corrected chi connectivity index (χ0v) is 19.7. The van der Waals surface area contributed by atoms with Crippen LogP contribution in [0.2, 0.25) is 0 Å². The lowest BCUT2D eigenvalue weighted by molar-refractivity contribution is -0.138. The number of aromatic nitrogens is 3. The molecule has 1 aromatic carbocycles. The van der Waals surface area contributed by atoms with Crippen molar-refractivity contribution in [1.82, 2.24) is 25.0 Å². The van der Waals surface area contributed by atoms with E-state index in [4.69, 9.17) is 4.74 Å². The molecule has 2 N–H and O–H groups in total. The fraction of sp³-hybridized carbons (Fsp3) is 0.640. The van der Waals surface area contributed by atoms with E-state index < -0.39 is 17.3 Å². The van der Waals surface area contributed by atoms with Crippen molar-refractivity contribution in [1.29, 1.82) is 0 Å². The maximum absolute atomic E-state index is 13.3. The number of alkyl halides is 3. The van der Waals surface area contributed by atoms with Gasteiger partial charge in [-0.3, -0.25) is 5.10 Å². The Hall–Kier alpha value is -2.82. The van der Waals surface area contributed by atoms with Crippen molar-refractivity contribution in [2.45, 2.75) is 68.2 Å². The van der Waals surface area contributed by atoms with Gasteiger partial charge in [-0.05, 0) is 68.2 Å². The average Bonchev–Trinajstić information content (AvgIpc) is 3.67. The Bertz CT molecular complexity index is 1200. The number of H-pyrrole nitrogens is 1. The van der Waals surface area contributed by atoms with E-state index in [1.165, 1.54) is 12.1 Å². The van der Waals surface area contributed by atoms with E-state index in [1.54, 1.807) is 4.90 Å². The van der Waals surface area contributed by atoms with Crippen molar-refractivity contribution in [2.24, 2.45) is 5.41 Å². The van der Waals surface area contributed by atoms with Crippen LogP contribution in [0.5, 0.6) is 5.75 Å². The topological polar surface area (TPSA) is 94.6 Å². The van der Waals surface area contributed by atoms with Gasteiger partial charge in [0.15, 0.2) is 5.82 Å². The first-order valence-corrected chi connectivity index (χ1v) is 12.7. The number of carbonyl (C=O) groups excluding carboxylic acids is 1. The van der Waals surface area contributed by atoms with Gasteiger partial charge in [0.25, 0.3) is 0 Å². The second-order valence-electron chi connectivity index (χ2n) is 11.5. The molecule has 7 rings (SSSR count). The minimum absolute atomic E-state index is 0.00655. The van der Waals surface area contributed by atoms with Crippen molar-refractivity contribution < 1.29 is 27.8 Å².